The molecule has 0 bridgehead atoms. The number of nitrogens with one attached hydrogen (secondary N) is 1. The maximum Gasteiger partial charge on any atom is 0.328 e. The largest absolute Gasteiger partial charge is 0.328 e. The number of fused-ring (bicyclic) bond motifs is 1. The molecule has 0 saturated heterocycles. The van der Waals surface area contributed by atoms with Crippen molar-refractivity contribution in [2.24, 2.45) is 14.1 Å². The number of imidazole rings is 1. The molecule has 0 aliphatic carbocycles. The average molecular weight is 360 g/mol. The van der Waals surface area contributed by atoms with Crippen LogP contribution in [0.25, 0.3) is 11.0 Å². The molecule has 0 saturated carbocycles. The molecular formula is C16H14BrN3O2. The first-order valence-electron chi connectivity index (χ1n) is 6.70. The number of anilines is 1. The molecule has 6 heteroatoms. The van der Waals surface area contributed by atoms with Crippen molar-refractivity contribution in [1.82, 2.24) is 9.13 Å². The summed E-state index contributed by atoms with van der Waals surface area (Å²) in [4.78, 5) is 24.2. The number of hydrogen-bond acceptors (Lipinski definition) is 2. The van der Waals surface area contributed by atoms with Gasteiger partial charge in [0, 0.05) is 24.3 Å². The molecule has 5 nitrogen and oxygen atoms in total. The molecule has 0 aliphatic rings. The number of hydrogen-bond donors (Lipinski definition) is 1. The molecule has 0 atom stereocenters. The highest BCUT2D eigenvalue weighted by Crippen LogP contribution is 2.20. The fourth-order valence-corrected chi connectivity index (χ4v) is 2.89. The minimum Gasteiger partial charge on any atom is -0.322 e. The molecule has 0 spiro atoms. The molecule has 0 aliphatic heterocycles. The number of carbonyl (C=O) groups is 1. The molecule has 1 heterocycles. The standard InChI is InChI=1S/C16H14BrN3O2/c1-19-13-8-7-10(9-14(13)20(2)16(19)22)18-15(21)11-5-3-4-6-12(11)17/h3-9H,1-2H3,(H,18,21). The molecule has 22 heavy (non-hydrogen) atoms. The third-order valence-electron chi connectivity index (χ3n) is 3.65. The zero-order valence-electron chi connectivity index (χ0n) is 12.1. The van der Waals surface area contributed by atoms with Crippen LogP contribution in [0.15, 0.2) is 51.7 Å². The first kappa shape index (κ1) is 14.6. The van der Waals surface area contributed by atoms with Gasteiger partial charge in [0.2, 0.25) is 0 Å². The minimum atomic E-state index is -0.201. The molecule has 1 amide bonds. The summed E-state index contributed by atoms with van der Waals surface area (Å²) in [5.74, 6) is -0.201. The van der Waals surface area contributed by atoms with E-state index in [-0.39, 0.29) is 11.6 Å². The second-order valence-electron chi connectivity index (χ2n) is 5.04. The number of aromatic nitrogens is 2. The Morgan fingerprint density at radius 1 is 1.05 bits per heavy atom. The van der Waals surface area contributed by atoms with Gasteiger partial charge in [0.15, 0.2) is 0 Å². The topological polar surface area (TPSA) is 56.0 Å². The average Bonchev–Trinajstić information content (AvgIpc) is 2.72. The van der Waals surface area contributed by atoms with Gasteiger partial charge in [-0.2, -0.15) is 0 Å². The number of rotatable bonds is 2. The molecule has 2 aromatic carbocycles. The third-order valence-corrected chi connectivity index (χ3v) is 4.34. The Bertz CT molecular complexity index is 940. The summed E-state index contributed by atoms with van der Waals surface area (Å²) in [5.41, 5.74) is 2.71. The lowest BCUT2D eigenvalue weighted by Gasteiger charge is -2.07. The van der Waals surface area contributed by atoms with Gasteiger partial charge >= 0.3 is 5.69 Å². The number of benzene rings is 2. The van der Waals surface area contributed by atoms with Gasteiger partial charge in [0.1, 0.15) is 0 Å². The molecule has 3 aromatic rings. The Morgan fingerprint density at radius 3 is 2.45 bits per heavy atom. The fraction of sp³-hybridized carbons (Fsp3) is 0.125. The van der Waals surface area contributed by atoms with E-state index in [0.29, 0.717) is 11.3 Å². The summed E-state index contributed by atoms with van der Waals surface area (Å²) in [6.45, 7) is 0. The van der Waals surface area contributed by atoms with Crippen LogP contribution in [0.1, 0.15) is 10.4 Å². The molecule has 0 fully saturated rings. The Balaban J connectivity index is 1.98. The second-order valence-corrected chi connectivity index (χ2v) is 5.89. The maximum absolute atomic E-state index is 12.3. The lowest BCUT2D eigenvalue weighted by molar-refractivity contribution is 0.102. The van der Waals surface area contributed by atoms with Crippen LogP contribution in [0.3, 0.4) is 0 Å². The van der Waals surface area contributed by atoms with Crippen LogP contribution in [0, 0.1) is 0 Å². The number of nitrogens with zero attached hydrogens (tertiary/aromatic N) is 2. The molecule has 1 N–H and O–H groups in total. The summed E-state index contributed by atoms with van der Waals surface area (Å²) in [6.07, 6.45) is 0. The van der Waals surface area contributed by atoms with E-state index in [4.69, 9.17) is 0 Å². The van der Waals surface area contributed by atoms with Crippen LogP contribution in [0.2, 0.25) is 0 Å². The van der Waals surface area contributed by atoms with Gasteiger partial charge in [-0.3, -0.25) is 13.9 Å². The summed E-state index contributed by atoms with van der Waals surface area (Å²) < 4.78 is 3.87. The van der Waals surface area contributed by atoms with Gasteiger partial charge in [-0.15, -0.1) is 0 Å². The Kier molecular flexibility index (Phi) is 3.62. The smallest absolute Gasteiger partial charge is 0.322 e. The van der Waals surface area contributed by atoms with Gasteiger partial charge in [0.05, 0.1) is 16.6 Å². The lowest BCUT2D eigenvalue weighted by Crippen LogP contribution is -2.19. The molecule has 3 rings (SSSR count). The predicted molar refractivity (Wildman–Crippen MR) is 90.3 cm³/mol. The van der Waals surface area contributed by atoms with E-state index in [9.17, 15) is 9.59 Å². The van der Waals surface area contributed by atoms with Gasteiger partial charge < -0.3 is 5.32 Å². The van der Waals surface area contributed by atoms with Crippen molar-refractivity contribution in [3.05, 3.63) is 63.0 Å². The highest BCUT2D eigenvalue weighted by atomic mass is 79.9. The third kappa shape index (κ3) is 2.35. The number of aryl methyl sites for hydroxylation is 2. The van der Waals surface area contributed by atoms with Crippen LogP contribution in [0.5, 0.6) is 0 Å². The Morgan fingerprint density at radius 2 is 1.73 bits per heavy atom. The summed E-state index contributed by atoms with van der Waals surface area (Å²) in [6, 6.07) is 12.6. The SMILES string of the molecule is Cn1c(=O)n(C)c2cc(NC(=O)c3ccccc3Br)ccc21. The van der Waals surface area contributed by atoms with E-state index in [1.54, 1.807) is 41.4 Å². The van der Waals surface area contributed by atoms with Crippen molar-refractivity contribution in [2.75, 3.05) is 5.32 Å². The number of amides is 1. The van der Waals surface area contributed by atoms with Crippen molar-refractivity contribution in [1.29, 1.82) is 0 Å². The van der Waals surface area contributed by atoms with Crippen LogP contribution in [-0.2, 0) is 14.1 Å². The van der Waals surface area contributed by atoms with Gasteiger partial charge in [-0.1, -0.05) is 12.1 Å². The van der Waals surface area contributed by atoms with Crippen LogP contribution < -0.4 is 11.0 Å². The zero-order valence-corrected chi connectivity index (χ0v) is 13.7. The monoisotopic (exact) mass is 359 g/mol. The van der Waals surface area contributed by atoms with Crippen molar-refractivity contribution in [2.45, 2.75) is 0 Å². The molecule has 0 radical (unpaired) electrons. The first-order valence-corrected chi connectivity index (χ1v) is 7.49. The molecule has 112 valence electrons. The van der Waals surface area contributed by atoms with Gasteiger partial charge in [0.25, 0.3) is 5.91 Å². The van der Waals surface area contributed by atoms with E-state index in [2.05, 4.69) is 21.2 Å². The van der Waals surface area contributed by atoms with Crippen molar-refractivity contribution < 1.29 is 4.79 Å². The molecular weight excluding hydrogens is 346 g/mol. The van der Waals surface area contributed by atoms with E-state index < -0.39 is 0 Å². The van der Waals surface area contributed by atoms with Crippen LogP contribution >= 0.6 is 15.9 Å². The Hall–Kier alpha value is -2.34. The summed E-state index contributed by atoms with van der Waals surface area (Å²) in [7, 11) is 3.44. The number of carbonyl (C=O) groups excluding carboxylic acids is 1. The second kappa shape index (κ2) is 5.46. The number of halogens is 1. The molecule has 1 aromatic heterocycles. The maximum atomic E-state index is 12.3. The zero-order chi connectivity index (χ0) is 15.9. The van der Waals surface area contributed by atoms with Crippen LogP contribution in [0.4, 0.5) is 5.69 Å². The van der Waals surface area contributed by atoms with Crippen molar-refractivity contribution >= 4 is 38.6 Å². The highest BCUT2D eigenvalue weighted by Gasteiger charge is 2.12. The Labute approximate surface area is 135 Å². The predicted octanol–water partition coefficient (Wildman–Crippen LogP) is 2.89. The summed E-state index contributed by atoms with van der Waals surface area (Å²) in [5, 5.41) is 2.85. The van der Waals surface area contributed by atoms with Crippen molar-refractivity contribution in [3.8, 4) is 0 Å². The van der Waals surface area contributed by atoms with Gasteiger partial charge in [-0.05, 0) is 46.3 Å². The van der Waals surface area contributed by atoms with E-state index in [1.165, 1.54) is 0 Å². The quantitative estimate of drug-likeness (QED) is 0.764. The lowest BCUT2D eigenvalue weighted by atomic mass is 10.2. The highest BCUT2D eigenvalue weighted by molar-refractivity contribution is 9.10. The van der Waals surface area contributed by atoms with E-state index >= 15 is 0 Å². The normalized spacial score (nSPS) is 10.9. The minimum absolute atomic E-state index is 0.0933. The fourth-order valence-electron chi connectivity index (χ4n) is 2.43. The van der Waals surface area contributed by atoms with E-state index in [0.717, 1.165) is 15.5 Å². The van der Waals surface area contributed by atoms with Crippen LogP contribution in [-0.4, -0.2) is 15.0 Å². The van der Waals surface area contributed by atoms with E-state index in [1.807, 2.05) is 24.3 Å². The van der Waals surface area contributed by atoms with Gasteiger partial charge in [-0.25, -0.2) is 4.79 Å². The summed E-state index contributed by atoms with van der Waals surface area (Å²) >= 11 is 3.36. The first-order chi connectivity index (χ1) is 10.5. The van der Waals surface area contributed by atoms with Crippen molar-refractivity contribution in [3.63, 3.8) is 0 Å². The molecule has 0 unspecified atom stereocenters.